The fourth-order valence-electron chi connectivity index (χ4n) is 3.15. The summed E-state index contributed by atoms with van der Waals surface area (Å²) in [7, 11) is 0. The Morgan fingerprint density at radius 2 is 1.79 bits per heavy atom. The largest absolute Gasteiger partial charge is 0.507 e. The molecule has 29 heavy (non-hydrogen) atoms. The van der Waals surface area contributed by atoms with Crippen LogP contribution in [0.2, 0.25) is 0 Å². The molecule has 6 heteroatoms. The minimum atomic E-state index is -0.879. The number of aromatic hydroxyl groups is 1. The summed E-state index contributed by atoms with van der Waals surface area (Å²) in [5, 5.41) is 19.5. The maximum atomic E-state index is 12.1. The van der Waals surface area contributed by atoms with Crippen LogP contribution in [-0.2, 0) is 16.0 Å². The molecule has 0 aliphatic carbocycles. The van der Waals surface area contributed by atoms with Gasteiger partial charge < -0.3 is 19.5 Å². The van der Waals surface area contributed by atoms with Crippen LogP contribution < -0.4 is 0 Å². The second-order valence-electron chi connectivity index (χ2n) is 6.64. The lowest BCUT2D eigenvalue weighted by atomic mass is 10.1. The second-order valence-corrected chi connectivity index (χ2v) is 6.64. The Morgan fingerprint density at radius 1 is 1.03 bits per heavy atom. The molecular weight excluding hydrogens is 370 g/mol. The van der Waals surface area contributed by atoms with Crippen LogP contribution in [0, 0.1) is 0 Å². The van der Waals surface area contributed by atoms with Gasteiger partial charge in [0.15, 0.2) is 0 Å². The van der Waals surface area contributed by atoms with Crippen molar-refractivity contribution in [3.63, 3.8) is 0 Å². The molecule has 0 amide bonds. The highest BCUT2D eigenvalue weighted by Gasteiger charge is 2.17. The van der Waals surface area contributed by atoms with Crippen LogP contribution in [0.1, 0.15) is 35.8 Å². The van der Waals surface area contributed by atoms with Crippen molar-refractivity contribution in [3.05, 3.63) is 71.9 Å². The van der Waals surface area contributed by atoms with Gasteiger partial charge in [-0.15, -0.1) is 0 Å². The average molecular weight is 393 g/mol. The number of phenols is 1. The van der Waals surface area contributed by atoms with Gasteiger partial charge in [0.1, 0.15) is 11.3 Å². The first-order valence-electron chi connectivity index (χ1n) is 9.49. The Balaban J connectivity index is 2.04. The van der Waals surface area contributed by atoms with Crippen LogP contribution in [0.25, 0.3) is 16.9 Å². The summed E-state index contributed by atoms with van der Waals surface area (Å²) in [5.41, 5.74) is 3.36. The summed E-state index contributed by atoms with van der Waals surface area (Å²) in [6.45, 7) is 2.18. The van der Waals surface area contributed by atoms with Crippen molar-refractivity contribution in [3.8, 4) is 22.7 Å². The normalized spacial score (nSPS) is 10.7. The summed E-state index contributed by atoms with van der Waals surface area (Å²) < 4.78 is 7.00. The number of carboxylic acids is 1. The number of aromatic nitrogens is 1. The number of hydrogen-bond donors (Lipinski definition) is 2. The smallest absolute Gasteiger partial charge is 0.341 e. The zero-order valence-corrected chi connectivity index (χ0v) is 16.2. The SMILES string of the molecule is CCCOC(=O)c1ccc(-n2c(CCC(=O)O)ccc2-c2ccccc2)cc1O. The summed E-state index contributed by atoms with van der Waals surface area (Å²) >= 11 is 0. The second kappa shape index (κ2) is 9.10. The summed E-state index contributed by atoms with van der Waals surface area (Å²) in [6.07, 6.45) is 1.02. The first-order valence-corrected chi connectivity index (χ1v) is 9.49. The van der Waals surface area contributed by atoms with Crippen LogP contribution in [0.15, 0.2) is 60.7 Å². The first kappa shape index (κ1) is 20.2. The standard InChI is InChI=1S/C23H23NO5/c1-2-14-29-23(28)19-11-8-18(15-21(19)25)24-17(10-13-22(26)27)9-12-20(24)16-6-4-3-5-7-16/h3-9,11-12,15,25H,2,10,13-14H2,1H3,(H,26,27). The molecule has 2 aromatic carbocycles. The van der Waals surface area contributed by atoms with Gasteiger partial charge in [-0.2, -0.15) is 0 Å². The third kappa shape index (κ3) is 4.66. The van der Waals surface area contributed by atoms with E-state index in [4.69, 9.17) is 9.84 Å². The summed E-state index contributed by atoms with van der Waals surface area (Å²) in [6, 6.07) is 18.2. The van der Waals surface area contributed by atoms with Gasteiger partial charge in [0.25, 0.3) is 0 Å². The molecule has 0 bridgehead atoms. The van der Waals surface area contributed by atoms with Crippen LogP contribution in [0.5, 0.6) is 5.75 Å². The molecule has 0 aliphatic heterocycles. The molecule has 0 unspecified atom stereocenters. The van der Waals surface area contributed by atoms with Gasteiger partial charge in [-0.25, -0.2) is 4.79 Å². The number of rotatable bonds is 8. The topological polar surface area (TPSA) is 88.8 Å². The number of carbonyl (C=O) groups is 2. The highest BCUT2D eigenvalue weighted by molar-refractivity contribution is 5.92. The lowest BCUT2D eigenvalue weighted by molar-refractivity contribution is -0.136. The molecule has 0 spiro atoms. The number of carboxylic acid groups (broad SMARTS) is 1. The number of carbonyl (C=O) groups excluding carboxylic acids is 1. The Hall–Kier alpha value is -3.54. The molecule has 0 atom stereocenters. The van der Waals surface area contributed by atoms with E-state index in [1.165, 1.54) is 12.1 Å². The highest BCUT2D eigenvalue weighted by Crippen LogP contribution is 2.30. The van der Waals surface area contributed by atoms with E-state index >= 15 is 0 Å². The Bertz CT molecular complexity index is 1010. The number of aliphatic carboxylic acids is 1. The highest BCUT2D eigenvalue weighted by atomic mass is 16.5. The minimum absolute atomic E-state index is 0.00828. The average Bonchev–Trinajstić information content (AvgIpc) is 3.15. The van der Waals surface area contributed by atoms with E-state index in [0.29, 0.717) is 18.5 Å². The zero-order valence-electron chi connectivity index (χ0n) is 16.2. The molecular formula is C23H23NO5. The maximum absolute atomic E-state index is 12.1. The number of benzene rings is 2. The van der Waals surface area contributed by atoms with E-state index in [0.717, 1.165) is 17.0 Å². The third-order valence-corrected chi connectivity index (χ3v) is 4.52. The first-order chi connectivity index (χ1) is 14.0. The van der Waals surface area contributed by atoms with Crippen LogP contribution in [0.4, 0.5) is 0 Å². The van der Waals surface area contributed by atoms with Gasteiger partial charge in [-0.3, -0.25) is 4.79 Å². The number of ether oxygens (including phenoxy) is 1. The van der Waals surface area contributed by atoms with Gasteiger partial charge in [-0.05, 0) is 42.7 Å². The van der Waals surface area contributed by atoms with Crippen molar-refractivity contribution in [2.24, 2.45) is 0 Å². The molecule has 1 heterocycles. The van der Waals surface area contributed by atoms with Crippen LogP contribution in [-0.4, -0.2) is 33.3 Å². The van der Waals surface area contributed by atoms with Gasteiger partial charge in [0.2, 0.25) is 0 Å². The molecule has 0 saturated heterocycles. The Kier molecular flexibility index (Phi) is 6.34. The molecule has 1 aromatic heterocycles. The maximum Gasteiger partial charge on any atom is 0.341 e. The van der Waals surface area contributed by atoms with E-state index in [-0.39, 0.29) is 24.3 Å². The molecule has 0 saturated carbocycles. The molecule has 2 N–H and O–H groups in total. The number of hydrogen-bond acceptors (Lipinski definition) is 4. The van der Waals surface area contributed by atoms with Gasteiger partial charge in [-0.1, -0.05) is 37.3 Å². The summed E-state index contributed by atoms with van der Waals surface area (Å²) in [4.78, 5) is 23.2. The molecule has 0 radical (unpaired) electrons. The lowest BCUT2D eigenvalue weighted by Crippen LogP contribution is -2.08. The Labute approximate surface area is 169 Å². The van der Waals surface area contributed by atoms with Crippen molar-refractivity contribution < 1.29 is 24.5 Å². The van der Waals surface area contributed by atoms with Crippen molar-refractivity contribution in [2.45, 2.75) is 26.2 Å². The Morgan fingerprint density at radius 3 is 2.45 bits per heavy atom. The number of nitrogens with zero attached hydrogens (tertiary/aromatic N) is 1. The zero-order chi connectivity index (χ0) is 20.8. The monoisotopic (exact) mass is 393 g/mol. The molecule has 0 fully saturated rings. The summed E-state index contributed by atoms with van der Waals surface area (Å²) in [5.74, 6) is -1.63. The lowest BCUT2D eigenvalue weighted by Gasteiger charge is -2.15. The fraction of sp³-hybridized carbons (Fsp3) is 0.217. The van der Waals surface area contributed by atoms with E-state index in [1.807, 2.05) is 54.0 Å². The van der Waals surface area contributed by atoms with Crippen molar-refractivity contribution in [1.82, 2.24) is 4.57 Å². The predicted molar refractivity (Wildman–Crippen MR) is 109 cm³/mol. The molecule has 0 aliphatic rings. The van der Waals surface area contributed by atoms with E-state index in [1.54, 1.807) is 6.07 Å². The number of esters is 1. The van der Waals surface area contributed by atoms with E-state index in [2.05, 4.69) is 0 Å². The molecule has 150 valence electrons. The van der Waals surface area contributed by atoms with E-state index < -0.39 is 11.9 Å². The van der Waals surface area contributed by atoms with Gasteiger partial charge in [0, 0.05) is 17.4 Å². The third-order valence-electron chi connectivity index (χ3n) is 4.52. The number of aryl methyl sites for hydroxylation is 1. The fourth-order valence-corrected chi connectivity index (χ4v) is 3.15. The van der Waals surface area contributed by atoms with Gasteiger partial charge >= 0.3 is 11.9 Å². The quantitative estimate of drug-likeness (QED) is 0.553. The minimum Gasteiger partial charge on any atom is -0.507 e. The van der Waals surface area contributed by atoms with Crippen molar-refractivity contribution in [2.75, 3.05) is 6.61 Å². The predicted octanol–water partition coefficient (Wildman–Crippen LogP) is 4.43. The molecule has 6 nitrogen and oxygen atoms in total. The molecule has 3 aromatic rings. The number of phenolic OH excluding ortho intramolecular Hbond substituents is 1. The van der Waals surface area contributed by atoms with Crippen molar-refractivity contribution in [1.29, 1.82) is 0 Å². The molecule has 3 rings (SSSR count). The van der Waals surface area contributed by atoms with Crippen LogP contribution in [0.3, 0.4) is 0 Å². The van der Waals surface area contributed by atoms with Gasteiger partial charge in [0.05, 0.1) is 18.7 Å². The van der Waals surface area contributed by atoms with Crippen LogP contribution >= 0.6 is 0 Å². The van der Waals surface area contributed by atoms with E-state index in [9.17, 15) is 14.7 Å². The van der Waals surface area contributed by atoms with Crippen molar-refractivity contribution >= 4 is 11.9 Å².